The highest BCUT2D eigenvalue weighted by molar-refractivity contribution is 5.78. The first kappa shape index (κ1) is 11.8. The molecule has 1 saturated carbocycles. The smallest absolute Gasteiger partial charge is 0.234 e. The van der Waals surface area contributed by atoms with E-state index in [0.29, 0.717) is 19.1 Å². The second-order valence-corrected chi connectivity index (χ2v) is 4.71. The van der Waals surface area contributed by atoms with Crippen molar-refractivity contribution in [3.63, 3.8) is 0 Å². The van der Waals surface area contributed by atoms with Crippen molar-refractivity contribution >= 4 is 5.91 Å². The average Bonchev–Trinajstić information content (AvgIpc) is 3.07. The van der Waals surface area contributed by atoms with Gasteiger partial charge in [0.1, 0.15) is 0 Å². The van der Waals surface area contributed by atoms with Crippen LogP contribution in [-0.2, 0) is 9.53 Å². The molecule has 2 aliphatic rings. The van der Waals surface area contributed by atoms with Gasteiger partial charge in [0.25, 0.3) is 0 Å². The first-order valence-electron chi connectivity index (χ1n) is 6.04. The zero-order chi connectivity index (χ0) is 11.4. The van der Waals surface area contributed by atoms with Crippen molar-refractivity contribution in [1.82, 2.24) is 15.5 Å². The average molecular weight is 227 g/mol. The van der Waals surface area contributed by atoms with Gasteiger partial charge in [0.15, 0.2) is 0 Å². The number of nitrogens with zero attached hydrogens (tertiary/aromatic N) is 1. The van der Waals surface area contributed by atoms with Crippen LogP contribution < -0.4 is 10.6 Å². The minimum Gasteiger partial charge on any atom is -0.374 e. The van der Waals surface area contributed by atoms with Crippen molar-refractivity contribution < 1.29 is 9.53 Å². The number of carbonyl (C=O) groups is 1. The molecule has 1 heterocycles. The molecule has 1 aliphatic carbocycles. The Balaban J connectivity index is 1.56. The topological polar surface area (TPSA) is 53.6 Å². The summed E-state index contributed by atoms with van der Waals surface area (Å²) in [7, 11) is 2.08. The van der Waals surface area contributed by atoms with Crippen LogP contribution in [0.2, 0.25) is 0 Å². The van der Waals surface area contributed by atoms with E-state index in [2.05, 4.69) is 22.6 Å². The van der Waals surface area contributed by atoms with Gasteiger partial charge in [0.2, 0.25) is 5.91 Å². The SMILES string of the molecule is CN1CCOC(CNC(=O)CNC2CC2)C1. The van der Waals surface area contributed by atoms with Crippen molar-refractivity contribution in [2.75, 3.05) is 39.8 Å². The summed E-state index contributed by atoms with van der Waals surface area (Å²) in [5.41, 5.74) is 0. The number of amides is 1. The van der Waals surface area contributed by atoms with Gasteiger partial charge in [-0.15, -0.1) is 0 Å². The third kappa shape index (κ3) is 4.08. The second kappa shape index (κ2) is 5.61. The summed E-state index contributed by atoms with van der Waals surface area (Å²) >= 11 is 0. The molecule has 2 rings (SSSR count). The molecule has 92 valence electrons. The molecule has 1 unspecified atom stereocenters. The van der Waals surface area contributed by atoms with Crippen LogP contribution in [0.3, 0.4) is 0 Å². The Bertz CT molecular complexity index is 243. The minimum absolute atomic E-state index is 0.0729. The second-order valence-electron chi connectivity index (χ2n) is 4.71. The highest BCUT2D eigenvalue weighted by atomic mass is 16.5. The zero-order valence-corrected chi connectivity index (χ0v) is 9.87. The first-order valence-corrected chi connectivity index (χ1v) is 6.04. The maximum atomic E-state index is 11.5. The number of morpholine rings is 1. The predicted octanol–water partition coefficient (Wildman–Crippen LogP) is -0.815. The van der Waals surface area contributed by atoms with Crippen molar-refractivity contribution in [2.24, 2.45) is 0 Å². The molecule has 2 N–H and O–H groups in total. The molecule has 0 spiro atoms. The van der Waals surface area contributed by atoms with E-state index in [1.165, 1.54) is 12.8 Å². The molecule has 1 atom stereocenters. The van der Waals surface area contributed by atoms with Crippen LogP contribution in [0, 0.1) is 0 Å². The van der Waals surface area contributed by atoms with Gasteiger partial charge in [0.05, 0.1) is 19.3 Å². The molecule has 16 heavy (non-hydrogen) atoms. The third-order valence-electron chi connectivity index (χ3n) is 3.00. The Morgan fingerprint density at radius 2 is 2.31 bits per heavy atom. The summed E-state index contributed by atoms with van der Waals surface area (Å²) in [6, 6.07) is 0.586. The Labute approximate surface area is 96.5 Å². The summed E-state index contributed by atoms with van der Waals surface area (Å²) in [6.07, 6.45) is 2.57. The van der Waals surface area contributed by atoms with Crippen LogP contribution in [0.5, 0.6) is 0 Å². The molecule has 0 aromatic heterocycles. The van der Waals surface area contributed by atoms with E-state index in [-0.39, 0.29) is 12.0 Å². The number of hydrogen-bond acceptors (Lipinski definition) is 4. The maximum Gasteiger partial charge on any atom is 0.234 e. The van der Waals surface area contributed by atoms with Crippen molar-refractivity contribution in [2.45, 2.75) is 25.0 Å². The van der Waals surface area contributed by atoms with E-state index in [9.17, 15) is 4.79 Å². The zero-order valence-electron chi connectivity index (χ0n) is 9.87. The molecule has 2 fully saturated rings. The van der Waals surface area contributed by atoms with Crippen LogP contribution in [0.1, 0.15) is 12.8 Å². The Morgan fingerprint density at radius 1 is 1.50 bits per heavy atom. The lowest BCUT2D eigenvalue weighted by Crippen LogP contribution is -2.47. The monoisotopic (exact) mass is 227 g/mol. The largest absolute Gasteiger partial charge is 0.374 e. The summed E-state index contributed by atoms with van der Waals surface area (Å²) in [4.78, 5) is 13.7. The van der Waals surface area contributed by atoms with Crippen LogP contribution in [0.4, 0.5) is 0 Å². The summed E-state index contributed by atoms with van der Waals surface area (Å²) in [6.45, 7) is 3.70. The van der Waals surface area contributed by atoms with Gasteiger partial charge in [-0.2, -0.15) is 0 Å². The molecule has 1 saturated heterocycles. The summed E-state index contributed by atoms with van der Waals surface area (Å²) < 4.78 is 5.56. The van der Waals surface area contributed by atoms with E-state index in [0.717, 1.165) is 19.7 Å². The number of likely N-dealkylation sites (N-methyl/N-ethyl adjacent to an activating group) is 1. The molecular weight excluding hydrogens is 206 g/mol. The molecule has 0 aromatic carbocycles. The van der Waals surface area contributed by atoms with Gasteiger partial charge in [-0.25, -0.2) is 0 Å². The van der Waals surface area contributed by atoms with Crippen molar-refractivity contribution in [1.29, 1.82) is 0 Å². The number of nitrogens with one attached hydrogen (secondary N) is 2. The minimum atomic E-state index is 0.0729. The molecule has 5 heteroatoms. The van der Waals surface area contributed by atoms with Gasteiger partial charge in [-0.1, -0.05) is 0 Å². The highest BCUT2D eigenvalue weighted by Crippen LogP contribution is 2.17. The fraction of sp³-hybridized carbons (Fsp3) is 0.909. The first-order chi connectivity index (χ1) is 7.74. The van der Waals surface area contributed by atoms with E-state index in [1.807, 2.05) is 0 Å². The van der Waals surface area contributed by atoms with Crippen LogP contribution in [0.25, 0.3) is 0 Å². The number of hydrogen-bond donors (Lipinski definition) is 2. The fourth-order valence-corrected chi connectivity index (χ4v) is 1.80. The fourth-order valence-electron chi connectivity index (χ4n) is 1.80. The number of carbonyl (C=O) groups excluding carboxylic acids is 1. The molecular formula is C11H21N3O2. The van der Waals surface area contributed by atoms with Crippen LogP contribution in [0.15, 0.2) is 0 Å². The lowest BCUT2D eigenvalue weighted by molar-refractivity contribution is -0.121. The van der Waals surface area contributed by atoms with Crippen LogP contribution in [-0.4, -0.2) is 62.8 Å². The van der Waals surface area contributed by atoms with Gasteiger partial charge in [-0.05, 0) is 19.9 Å². The molecule has 1 aliphatic heterocycles. The Hall–Kier alpha value is -0.650. The highest BCUT2D eigenvalue weighted by Gasteiger charge is 2.22. The molecule has 0 radical (unpaired) electrons. The third-order valence-corrected chi connectivity index (χ3v) is 3.00. The van der Waals surface area contributed by atoms with E-state index in [1.54, 1.807) is 0 Å². The number of ether oxygens (including phenoxy) is 1. The van der Waals surface area contributed by atoms with Crippen LogP contribution >= 0.6 is 0 Å². The summed E-state index contributed by atoms with van der Waals surface area (Å²) in [5.74, 6) is 0.0729. The maximum absolute atomic E-state index is 11.5. The van der Waals surface area contributed by atoms with Gasteiger partial charge in [-0.3, -0.25) is 4.79 Å². The quantitative estimate of drug-likeness (QED) is 0.645. The van der Waals surface area contributed by atoms with E-state index in [4.69, 9.17) is 4.74 Å². The molecule has 0 aromatic rings. The molecule has 1 amide bonds. The standard InChI is InChI=1S/C11H21N3O2/c1-14-4-5-16-10(8-14)6-13-11(15)7-12-9-2-3-9/h9-10,12H,2-8H2,1H3,(H,13,15). The Kier molecular flexibility index (Phi) is 4.15. The number of rotatable bonds is 5. The lowest BCUT2D eigenvalue weighted by Gasteiger charge is -2.30. The summed E-state index contributed by atoms with van der Waals surface area (Å²) in [5, 5.41) is 6.09. The Morgan fingerprint density at radius 3 is 3.00 bits per heavy atom. The lowest BCUT2D eigenvalue weighted by atomic mass is 10.3. The van der Waals surface area contributed by atoms with E-state index < -0.39 is 0 Å². The molecule has 5 nitrogen and oxygen atoms in total. The predicted molar refractivity (Wildman–Crippen MR) is 61.3 cm³/mol. The van der Waals surface area contributed by atoms with Gasteiger partial charge >= 0.3 is 0 Å². The van der Waals surface area contributed by atoms with Gasteiger partial charge < -0.3 is 20.3 Å². The van der Waals surface area contributed by atoms with Gasteiger partial charge in [0, 0.05) is 25.7 Å². The normalized spacial score (nSPS) is 26.7. The van der Waals surface area contributed by atoms with Crippen molar-refractivity contribution in [3.05, 3.63) is 0 Å². The van der Waals surface area contributed by atoms with E-state index >= 15 is 0 Å². The molecule has 0 bridgehead atoms. The van der Waals surface area contributed by atoms with Crippen molar-refractivity contribution in [3.8, 4) is 0 Å².